The maximum atomic E-state index is 13.2. The summed E-state index contributed by atoms with van der Waals surface area (Å²) in [6.45, 7) is -0.352. The Bertz CT molecular complexity index is 1700. The maximum Gasteiger partial charge on any atom is 0.335 e. The summed E-state index contributed by atoms with van der Waals surface area (Å²) in [5.74, 6) is -1.35. The Hall–Kier alpha value is -5.64. The number of carboxylic acid groups (broad SMARTS) is 1. The van der Waals surface area contributed by atoms with Gasteiger partial charge in [0.2, 0.25) is 5.91 Å². The van der Waals surface area contributed by atoms with Crippen molar-refractivity contribution in [1.29, 1.82) is 0 Å². The zero-order valence-electron chi connectivity index (χ0n) is 21.9. The fourth-order valence-electron chi connectivity index (χ4n) is 4.40. The molecule has 1 heterocycles. The molecule has 1 fully saturated rings. The molecular formula is C31H25N3O7. The number of methoxy groups -OCH3 is 1. The number of anilines is 1. The molecule has 0 unspecified atom stereocenters. The molecule has 0 saturated carbocycles. The van der Waals surface area contributed by atoms with Crippen molar-refractivity contribution in [1.82, 2.24) is 10.2 Å². The number of carbonyl (C=O) groups is 4. The molecule has 1 saturated heterocycles. The highest BCUT2D eigenvalue weighted by Gasteiger charge is 2.35. The molecule has 10 nitrogen and oxygen atoms in total. The van der Waals surface area contributed by atoms with E-state index in [0.29, 0.717) is 22.7 Å². The molecule has 0 atom stereocenters. The van der Waals surface area contributed by atoms with E-state index < -0.39 is 30.4 Å². The largest absolute Gasteiger partial charge is 0.495 e. The van der Waals surface area contributed by atoms with Crippen molar-refractivity contribution in [2.45, 2.75) is 6.61 Å². The van der Waals surface area contributed by atoms with Crippen LogP contribution in [0.15, 0.2) is 90.6 Å². The van der Waals surface area contributed by atoms with Crippen molar-refractivity contribution < 1.29 is 33.8 Å². The molecule has 0 spiro atoms. The van der Waals surface area contributed by atoms with Crippen LogP contribution in [0.5, 0.6) is 11.5 Å². The lowest BCUT2D eigenvalue weighted by atomic mass is 10.0. The fourth-order valence-corrected chi connectivity index (χ4v) is 4.40. The van der Waals surface area contributed by atoms with Gasteiger partial charge in [0.25, 0.3) is 5.91 Å². The summed E-state index contributed by atoms with van der Waals surface area (Å²) in [5, 5.41) is 16.0. The molecule has 3 N–H and O–H groups in total. The Morgan fingerprint density at radius 1 is 0.927 bits per heavy atom. The number of para-hydroxylation sites is 2. The molecule has 0 radical (unpaired) electrons. The lowest BCUT2D eigenvalue weighted by Crippen LogP contribution is -2.38. The third kappa shape index (κ3) is 5.86. The number of nitrogens with zero attached hydrogens (tertiary/aromatic N) is 1. The number of aromatic carboxylic acids is 1. The highest BCUT2D eigenvalue weighted by atomic mass is 16.5. The Balaban J connectivity index is 1.38. The van der Waals surface area contributed by atoms with Gasteiger partial charge in [0.15, 0.2) is 0 Å². The lowest BCUT2D eigenvalue weighted by molar-refractivity contribution is -0.127. The quantitative estimate of drug-likeness (QED) is 0.204. The van der Waals surface area contributed by atoms with Gasteiger partial charge in [0.05, 0.1) is 18.4 Å². The summed E-state index contributed by atoms with van der Waals surface area (Å²) in [6, 6.07) is 23.6. The number of carboxylic acids is 1. The molecule has 1 aliphatic rings. The molecule has 5 rings (SSSR count). The van der Waals surface area contributed by atoms with Crippen LogP contribution >= 0.6 is 0 Å². The second-order valence-electron chi connectivity index (χ2n) is 9.12. The lowest BCUT2D eigenvalue weighted by Gasteiger charge is -2.14. The van der Waals surface area contributed by atoms with E-state index in [2.05, 4.69) is 10.6 Å². The smallest absolute Gasteiger partial charge is 0.335 e. The molecule has 1 aliphatic heterocycles. The number of hydrogen-bond acceptors (Lipinski definition) is 6. The molecule has 0 aromatic heterocycles. The van der Waals surface area contributed by atoms with Gasteiger partial charge in [-0.3, -0.25) is 9.59 Å². The Labute approximate surface area is 234 Å². The van der Waals surface area contributed by atoms with Crippen LogP contribution in [0.25, 0.3) is 16.8 Å². The van der Waals surface area contributed by atoms with Crippen LogP contribution in [0.2, 0.25) is 0 Å². The summed E-state index contributed by atoms with van der Waals surface area (Å²) in [6.07, 6.45) is 1.53. The van der Waals surface area contributed by atoms with Crippen LogP contribution in [0.1, 0.15) is 21.5 Å². The number of nitrogens with one attached hydrogen (secondary N) is 2. The van der Waals surface area contributed by atoms with E-state index in [9.17, 15) is 19.2 Å². The van der Waals surface area contributed by atoms with Crippen molar-refractivity contribution >= 4 is 46.4 Å². The summed E-state index contributed by atoms with van der Waals surface area (Å²) >= 11 is 0. The second kappa shape index (κ2) is 11.6. The topological polar surface area (TPSA) is 134 Å². The molecule has 4 aromatic carbocycles. The highest BCUT2D eigenvalue weighted by molar-refractivity contribution is 6.16. The summed E-state index contributed by atoms with van der Waals surface area (Å²) in [7, 11) is 1.47. The molecule has 4 amide bonds. The Morgan fingerprint density at radius 3 is 2.41 bits per heavy atom. The third-order valence-corrected chi connectivity index (χ3v) is 6.46. The van der Waals surface area contributed by atoms with E-state index in [-0.39, 0.29) is 17.9 Å². The van der Waals surface area contributed by atoms with Gasteiger partial charge >= 0.3 is 12.0 Å². The standard InChI is InChI=1S/C31H25N3O7/c1-40-27-9-5-4-8-24(27)32-28(35)17-34-29(36)25(33-31(34)39)16-23-22-7-3-2-6-20(22)14-15-26(23)41-18-19-10-12-21(13-11-19)30(37)38/h2-16H,17-18H2,1H3,(H,32,35)(H,33,39)(H,37,38)/b25-16+. The van der Waals surface area contributed by atoms with Crippen LogP contribution in [0.4, 0.5) is 10.5 Å². The van der Waals surface area contributed by atoms with Crippen LogP contribution in [0, 0.1) is 0 Å². The van der Waals surface area contributed by atoms with Crippen molar-refractivity contribution in [3.63, 3.8) is 0 Å². The first-order valence-corrected chi connectivity index (χ1v) is 12.6. The van der Waals surface area contributed by atoms with E-state index in [1.54, 1.807) is 42.5 Å². The zero-order chi connectivity index (χ0) is 28.9. The second-order valence-corrected chi connectivity index (χ2v) is 9.12. The van der Waals surface area contributed by atoms with E-state index in [1.807, 2.05) is 30.3 Å². The number of hydrogen-bond donors (Lipinski definition) is 3. The number of ether oxygens (including phenoxy) is 2. The first-order valence-electron chi connectivity index (χ1n) is 12.6. The average molecular weight is 552 g/mol. The Morgan fingerprint density at radius 2 is 1.66 bits per heavy atom. The molecule has 10 heteroatoms. The van der Waals surface area contributed by atoms with Gasteiger partial charge in [0.1, 0.15) is 30.3 Å². The van der Waals surface area contributed by atoms with E-state index >= 15 is 0 Å². The number of amides is 4. The Kier molecular flexibility index (Phi) is 7.64. The highest BCUT2D eigenvalue weighted by Crippen LogP contribution is 2.32. The van der Waals surface area contributed by atoms with Gasteiger partial charge in [0, 0.05) is 5.56 Å². The minimum atomic E-state index is -1.02. The van der Waals surface area contributed by atoms with Crippen molar-refractivity contribution in [2.75, 3.05) is 19.0 Å². The normalized spacial score (nSPS) is 13.8. The number of imide groups is 1. The predicted molar refractivity (Wildman–Crippen MR) is 152 cm³/mol. The zero-order valence-corrected chi connectivity index (χ0v) is 21.9. The minimum absolute atomic E-state index is 0.00731. The maximum absolute atomic E-state index is 13.2. The molecule has 0 aliphatic carbocycles. The van der Waals surface area contributed by atoms with E-state index in [4.69, 9.17) is 14.6 Å². The van der Waals surface area contributed by atoms with Crippen LogP contribution in [-0.2, 0) is 16.2 Å². The number of urea groups is 1. The van der Waals surface area contributed by atoms with Crippen molar-refractivity contribution in [3.8, 4) is 11.5 Å². The minimum Gasteiger partial charge on any atom is -0.495 e. The third-order valence-electron chi connectivity index (χ3n) is 6.46. The summed E-state index contributed by atoms with van der Waals surface area (Å²) in [5.41, 5.74) is 1.89. The molecule has 41 heavy (non-hydrogen) atoms. The van der Waals surface area contributed by atoms with Gasteiger partial charge in [-0.25, -0.2) is 14.5 Å². The summed E-state index contributed by atoms with van der Waals surface area (Å²) in [4.78, 5) is 50.6. The number of rotatable bonds is 9. The van der Waals surface area contributed by atoms with Crippen molar-refractivity contribution in [3.05, 3.63) is 107 Å². The number of benzene rings is 4. The average Bonchev–Trinajstić information content (AvgIpc) is 3.24. The number of fused-ring (bicyclic) bond motifs is 1. The monoisotopic (exact) mass is 551 g/mol. The molecule has 0 bridgehead atoms. The molecule has 4 aromatic rings. The first kappa shape index (κ1) is 26.9. The van der Waals surface area contributed by atoms with Crippen LogP contribution < -0.4 is 20.1 Å². The van der Waals surface area contributed by atoms with Gasteiger partial charge in [-0.05, 0) is 52.7 Å². The van der Waals surface area contributed by atoms with Gasteiger partial charge in [-0.2, -0.15) is 0 Å². The molecular weight excluding hydrogens is 526 g/mol. The van der Waals surface area contributed by atoms with Crippen molar-refractivity contribution in [2.24, 2.45) is 0 Å². The first-order chi connectivity index (χ1) is 19.8. The van der Waals surface area contributed by atoms with Gasteiger partial charge in [-0.1, -0.05) is 54.6 Å². The number of carbonyl (C=O) groups excluding carboxylic acids is 3. The fraction of sp³-hybridized carbons (Fsp3) is 0.0968. The predicted octanol–water partition coefficient (Wildman–Crippen LogP) is 4.66. The summed E-state index contributed by atoms with van der Waals surface area (Å²) < 4.78 is 11.3. The van der Waals surface area contributed by atoms with Crippen LogP contribution in [0.3, 0.4) is 0 Å². The van der Waals surface area contributed by atoms with Gasteiger partial charge < -0.3 is 25.2 Å². The van der Waals surface area contributed by atoms with Gasteiger partial charge in [-0.15, -0.1) is 0 Å². The van der Waals surface area contributed by atoms with Crippen LogP contribution in [-0.4, -0.2) is 47.5 Å². The SMILES string of the molecule is COc1ccccc1NC(=O)CN1C(=O)N/C(=C/c2c(OCc3ccc(C(=O)O)cc3)ccc3ccccc23)C1=O. The van der Waals surface area contributed by atoms with E-state index in [1.165, 1.54) is 25.3 Å². The van der Waals surface area contributed by atoms with E-state index in [0.717, 1.165) is 21.2 Å². The molecule has 206 valence electrons.